The molecule has 0 saturated carbocycles. The van der Waals surface area contributed by atoms with Crippen LogP contribution < -0.4 is 0 Å². The highest BCUT2D eigenvalue weighted by molar-refractivity contribution is 7.99. The minimum Gasteiger partial charge on any atom is -0.289 e. The van der Waals surface area contributed by atoms with E-state index in [1.54, 1.807) is 42.2 Å². The summed E-state index contributed by atoms with van der Waals surface area (Å²) in [6, 6.07) is 0. The second-order valence-electron chi connectivity index (χ2n) is 4.02. The van der Waals surface area contributed by atoms with Crippen molar-refractivity contribution in [2.24, 2.45) is 0 Å². The zero-order valence-electron chi connectivity index (χ0n) is 11.2. The lowest BCUT2D eigenvalue weighted by molar-refractivity contribution is -0.116. The summed E-state index contributed by atoms with van der Waals surface area (Å²) in [7, 11) is 0. The monoisotopic (exact) mass is 302 g/mol. The van der Waals surface area contributed by atoms with Gasteiger partial charge in [-0.25, -0.2) is 0 Å². The van der Waals surface area contributed by atoms with Gasteiger partial charge in [-0.2, -0.15) is 35.3 Å². The van der Waals surface area contributed by atoms with E-state index in [0.29, 0.717) is 34.0 Å². The predicted octanol–water partition coefficient (Wildman–Crippen LogP) is 2.84. The van der Waals surface area contributed by atoms with Crippen molar-refractivity contribution in [3.63, 3.8) is 0 Å². The van der Waals surface area contributed by atoms with Gasteiger partial charge in [0.15, 0.2) is 11.6 Å². The van der Waals surface area contributed by atoms with Crippen molar-refractivity contribution < 1.29 is 9.59 Å². The summed E-state index contributed by atoms with van der Waals surface area (Å²) < 4.78 is 0. The molecule has 0 aliphatic heterocycles. The van der Waals surface area contributed by atoms with Crippen molar-refractivity contribution in [1.82, 2.24) is 0 Å². The molecule has 1 aliphatic carbocycles. The lowest BCUT2D eigenvalue weighted by Crippen LogP contribution is -2.26. The fraction of sp³-hybridized carbons (Fsp3) is 0.538. The first-order valence-corrected chi connectivity index (χ1v) is 9.74. The van der Waals surface area contributed by atoms with Crippen LogP contribution in [-0.2, 0) is 9.59 Å². The quantitative estimate of drug-likeness (QED) is 0.705. The fourth-order valence-electron chi connectivity index (χ4n) is 1.90. The van der Waals surface area contributed by atoms with Crippen molar-refractivity contribution in [3.05, 3.63) is 22.3 Å². The van der Waals surface area contributed by atoms with E-state index >= 15 is 0 Å². The number of rotatable bonds is 6. The van der Waals surface area contributed by atoms with Gasteiger partial charge < -0.3 is 0 Å². The number of hydrogen-bond donors (Lipinski definition) is 0. The van der Waals surface area contributed by atoms with Crippen molar-refractivity contribution in [2.75, 3.05) is 36.0 Å². The molecule has 0 saturated heterocycles. The van der Waals surface area contributed by atoms with Gasteiger partial charge in [0.1, 0.15) is 0 Å². The largest absolute Gasteiger partial charge is 0.289 e. The highest BCUT2D eigenvalue weighted by Gasteiger charge is 2.31. The molecule has 0 atom stereocenters. The van der Waals surface area contributed by atoms with E-state index in [4.69, 9.17) is 0 Å². The molecule has 1 rings (SSSR count). The molecule has 0 fully saturated rings. The van der Waals surface area contributed by atoms with Gasteiger partial charge in [0.25, 0.3) is 0 Å². The van der Waals surface area contributed by atoms with Crippen LogP contribution in [0.25, 0.3) is 0 Å². The van der Waals surface area contributed by atoms with Crippen molar-refractivity contribution >= 4 is 46.9 Å². The number of allylic oxidation sites excluding steroid dienone is 1. The van der Waals surface area contributed by atoms with Gasteiger partial charge in [-0.1, -0.05) is 0 Å². The Labute approximate surface area is 121 Å². The number of hydrogen-bond acceptors (Lipinski definition) is 5. The Balaban J connectivity index is 3.21. The van der Waals surface area contributed by atoms with Crippen molar-refractivity contribution in [2.45, 2.75) is 6.92 Å². The summed E-state index contributed by atoms with van der Waals surface area (Å²) in [6.07, 6.45) is 5.87. The topological polar surface area (TPSA) is 34.1 Å². The second kappa shape index (κ2) is 7.46. The highest BCUT2D eigenvalue weighted by Crippen LogP contribution is 2.29. The molecule has 100 valence electrons. The summed E-state index contributed by atoms with van der Waals surface area (Å²) in [5.74, 6) is 2.04. The van der Waals surface area contributed by atoms with Crippen LogP contribution in [0.15, 0.2) is 22.3 Å². The number of carbonyl (C=O) groups excluding carboxylic acids is 2. The van der Waals surface area contributed by atoms with Gasteiger partial charge in [0, 0.05) is 39.6 Å². The maximum Gasteiger partial charge on any atom is 0.187 e. The molecule has 0 aromatic heterocycles. The highest BCUT2D eigenvalue weighted by atomic mass is 32.2. The van der Waals surface area contributed by atoms with Gasteiger partial charge in [0.05, 0.1) is 0 Å². The van der Waals surface area contributed by atoms with Gasteiger partial charge >= 0.3 is 0 Å². The Hall–Kier alpha value is -0.130. The van der Waals surface area contributed by atoms with E-state index in [1.165, 1.54) is 0 Å². The zero-order valence-corrected chi connectivity index (χ0v) is 13.6. The molecule has 0 N–H and O–H groups in total. The molecule has 0 amide bonds. The second-order valence-corrected chi connectivity index (χ2v) is 6.62. The molecule has 18 heavy (non-hydrogen) atoms. The summed E-state index contributed by atoms with van der Waals surface area (Å²) in [5.41, 5.74) is 2.77. The SMILES string of the molecule is CSCC1=C(C)C(=O)C(CSC)=C(CSC)C1=O. The lowest BCUT2D eigenvalue weighted by Gasteiger charge is -2.21. The van der Waals surface area contributed by atoms with Crippen molar-refractivity contribution in [1.29, 1.82) is 0 Å². The third kappa shape index (κ3) is 3.25. The third-order valence-corrected chi connectivity index (χ3v) is 4.58. The lowest BCUT2D eigenvalue weighted by atomic mass is 9.86. The number of Topliss-reactive ketones (excluding diaryl/α,β-unsaturated/α-hetero) is 2. The molecule has 0 heterocycles. The van der Waals surface area contributed by atoms with Crippen LogP contribution in [0.2, 0.25) is 0 Å². The van der Waals surface area contributed by atoms with Crippen LogP contribution in [0, 0.1) is 0 Å². The van der Waals surface area contributed by atoms with E-state index < -0.39 is 0 Å². The molecule has 0 aromatic rings. The van der Waals surface area contributed by atoms with E-state index in [0.717, 1.165) is 5.57 Å². The Morgan fingerprint density at radius 1 is 0.722 bits per heavy atom. The standard InChI is InChI=1S/C13H18O2S3/c1-8-9(5-16-2)13(15)11(7-18-4)10(6-17-3)12(8)14/h5-7H2,1-4H3. The molecule has 2 nitrogen and oxygen atoms in total. The summed E-state index contributed by atoms with van der Waals surface area (Å²) in [4.78, 5) is 24.8. The van der Waals surface area contributed by atoms with Gasteiger partial charge in [0.2, 0.25) is 0 Å². The van der Waals surface area contributed by atoms with E-state index in [9.17, 15) is 9.59 Å². The van der Waals surface area contributed by atoms with Crippen LogP contribution in [-0.4, -0.2) is 47.6 Å². The summed E-state index contributed by atoms with van der Waals surface area (Å²) in [6.45, 7) is 1.78. The molecule has 0 spiro atoms. The molecule has 5 heteroatoms. The molecule has 0 radical (unpaired) electrons. The van der Waals surface area contributed by atoms with Crippen molar-refractivity contribution in [3.8, 4) is 0 Å². The van der Waals surface area contributed by atoms with Crippen LogP contribution in [0.3, 0.4) is 0 Å². The summed E-state index contributed by atoms with van der Waals surface area (Å²) in [5, 5.41) is 0. The van der Waals surface area contributed by atoms with Crippen LogP contribution in [0.1, 0.15) is 6.92 Å². The molecular formula is C13H18O2S3. The maximum absolute atomic E-state index is 12.4. The van der Waals surface area contributed by atoms with E-state index in [1.807, 2.05) is 18.8 Å². The van der Waals surface area contributed by atoms with Gasteiger partial charge in [-0.3, -0.25) is 9.59 Å². The average Bonchev–Trinajstić information content (AvgIpc) is 2.36. The molecule has 0 unspecified atom stereocenters. The van der Waals surface area contributed by atoms with Gasteiger partial charge in [-0.05, 0) is 25.7 Å². The van der Waals surface area contributed by atoms with Crippen LogP contribution in [0.5, 0.6) is 0 Å². The number of ketones is 2. The maximum atomic E-state index is 12.4. The summed E-state index contributed by atoms with van der Waals surface area (Å²) >= 11 is 4.77. The van der Waals surface area contributed by atoms with E-state index in [-0.39, 0.29) is 11.6 Å². The first-order valence-electron chi connectivity index (χ1n) is 5.56. The predicted molar refractivity (Wildman–Crippen MR) is 84.9 cm³/mol. The number of thioether (sulfide) groups is 3. The Bertz CT molecular complexity index is 422. The zero-order chi connectivity index (χ0) is 13.7. The number of carbonyl (C=O) groups is 2. The van der Waals surface area contributed by atoms with Gasteiger partial charge in [-0.15, -0.1) is 0 Å². The Kier molecular flexibility index (Phi) is 6.60. The Morgan fingerprint density at radius 2 is 1.11 bits per heavy atom. The molecule has 0 aromatic carbocycles. The minimum absolute atomic E-state index is 0.0667. The van der Waals surface area contributed by atoms with Crippen LogP contribution in [0.4, 0.5) is 0 Å². The average molecular weight is 302 g/mol. The molecule has 0 bridgehead atoms. The fourth-order valence-corrected chi connectivity index (χ4v) is 3.73. The minimum atomic E-state index is 0.0667. The first-order chi connectivity index (χ1) is 8.58. The smallest absolute Gasteiger partial charge is 0.187 e. The van der Waals surface area contributed by atoms with E-state index in [2.05, 4.69) is 0 Å². The normalized spacial score (nSPS) is 16.9. The first kappa shape index (κ1) is 15.9. The van der Waals surface area contributed by atoms with Crippen LogP contribution >= 0.6 is 35.3 Å². The molecular weight excluding hydrogens is 284 g/mol. The third-order valence-electron chi connectivity index (χ3n) is 2.85. The Morgan fingerprint density at radius 3 is 1.56 bits per heavy atom. The molecule has 1 aliphatic rings.